The Labute approximate surface area is 94.8 Å². The summed E-state index contributed by atoms with van der Waals surface area (Å²) in [6.45, 7) is -3.09. The standard InChI is InChI=1S/C10H7F2NO4/c1-16-9(15)8-5(4-13)2-6(3-7(8)14)17-10(11)12/h2-3,10,14H,1H3. The molecule has 17 heavy (non-hydrogen) atoms. The molecule has 0 amide bonds. The Hall–Kier alpha value is -2.36. The van der Waals surface area contributed by atoms with Crippen LogP contribution in [-0.4, -0.2) is 24.8 Å². The van der Waals surface area contributed by atoms with E-state index in [2.05, 4.69) is 9.47 Å². The van der Waals surface area contributed by atoms with Gasteiger partial charge in [0.25, 0.3) is 0 Å². The number of esters is 1. The molecule has 5 nitrogen and oxygen atoms in total. The highest BCUT2D eigenvalue weighted by molar-refractivity contribution is 5.95. The first-order valence-electron chi connectivity index (χ1n) is 4.29. The van der Waals surface area contributed by atoms with Gasteiger partial charge < -0.3 is 14.6 Å². The molecule has 0 radical (unpaired) electrons. The van der Waals surface area contributed by atoms with E-state index in [-0.39, 0.29) is 5.56 Å². The van der Waals surface area contributed by atoms with Crippen molar-refractivity contribution in [3.63, 3.8) is 0 Å². The highest BCUT2D eigenvalue weighted by Crippen LogP contribution is 2.29. The first-order chi connectivity index (χ1) is 7.99. The zero-order valence-corrected chi connectivity index (χ0v) is 8.61. The number of phenols is 1. The van der Waals surface area contributed by atoms with E-state index >= 15 is 0 Å². The maximum atomic E-state index is 11.9. The largest absolute Gasteiger partial charge is 0.507 e. The second-order valence-electron chi connectivity index (χ2n) is 2.85. The Balaban J connectivity index is 3.27. The number of alkyl halides is 2. The molecule has 0 spiro atoms. The molecule has 7 heteroatoms. The van der Waals surface area contributed by atoms with Crippen LogP contribution in [0.3, 0.4) is 0 Å². The predicted molar refractivity (Wildman–Crippen MR) is 50.8 cm³/mol. The van der Waals surface area contributed by atoms with E-state index in [9.17, 15) is 18.7 Å². The lowest BCUT2D eigenvalue weighted by Crippen LogP contribution is -2.07. The Bertz CT molecular complexity index is 482. The summed E-state index contributed by atoms with van der Waals surface area (Å²) in [6.07, 6.45) is 0. The number of ether oxygens (including phenoxy) is 2. The first-order valence-corrected chi connectivity index (χ1v) is 4.29. The number of aromatic hydroxyl groups is 1. The van der Waals surface area contributed by atoms with Crippen molar-refractivity contribution in [1.29, 1.82) is 5.26 Å². The summed E-state index contributed by atoms with van der Waals surface area (Å²) < 4.78 is 32.2. The summed E-state index contributed by atoms with van der Waals surface area (Å²) in [7, 11) is 1.06. The second kappa shape index (κ2) is 5.12. The molecule has 1 rings (SSSR count). The normalized spacial score (nSPS) is 9.82. The van der Waals surface area contributed by atoms with Crippen LogP contribution < -0.4 is 4.74 Å². The average molecular weight is 243 g/mol. The highest BCUT2D eigenvalue weighted by Gasteiger charge is 2.19. The van der Waals surface area contributed by atoms with Gasteiger partial charge in [-0.1, -0.05) is 0 Å². The number of carbonyl (C=O) groups is 1. The Morgan fingerprint density at radius 3 is 2.65 bits per heavy atom. The van der Waals surface area contributed by atoms with Crippen LogP contribution in [-0.2, 0) is 4.74 Å². The third-order valence-corrected chi connectivity index (χ3v) is 1.83. The monoisotopic (exact) mass is 243 g/mol. The van der Waals surface area contributed by atoms with Crippen molar-refractivity contribution in [1.82, 2.24) is 0 Å². The number of hydrogen-bond acceptors (Lipinski definition) is 5. The summed E-state index contributed by atoms with van der Waals surface area (Å²) in [5.41, 5.74) is -0.705. The van der Waals surface area contributed by atoms with Crippen LogP contribution in [0.15, 0.2) is 12.1 Å². The minimum Gasteiger partial charge on any atom is -0.507 e. The van der Waals surface area contributed by atoms with Gasteiger partial charge in [-0.3, -0.25) is 0 Å². The average Bonchev–Trinajstić information content (AvgIpc) is 2.26. The van der Waals surface area contributed by atoms with E-state index in [4.69, 9.17) is 5.26 Å². The van der Waals surface area contributed by atoms with Crippen molar-refractivity contribution in [2.24, 2.45) is 0 Å². The summed E-state index contributed by atoms with van der Waals surface area (Å²) in [5.74, 6) is -2.02. The summed E-state index contributed by atoms with van der Waals surface area (Å²) in [5, 5.41) is 18.2. The summed E-state index contributed by atoms with van der Waals surface area (Å²) in [6, 6.07) is 3.30. The highest BCUT2D eigenvalue weighted by atomic mass is 19.3. The molecule has 0 fully saturated rings. The number of hydrogen-bond donors (Lipinski definition) is 1. The zero-order chi connectivity index (χ0) is 13.0. The SMILES string of the molecule is COC(=O)c1c(O)cc(OC(F)F)cc1C#N. The number of nitriles is 1. The van der Waals surface area contributed by atoms with Crippen molar-refractivity contribution in [3.05, 3.63) is 23.3 Å². The van der Waals surface area contributed by atoms with Crippen LogP contribution in [0.1, 0.15) is 15.9 Å². The molecule has 0 heterocycles. The van der Waals surface area contributed by atoms with E-state index < -0.39 is 29.6 Å². The molecule has 0 aliphatic carbocycles. The summed E-state index contributed by atoms with van der Waals surface area (Å²) in [4.78, 5) is 11.2. The predicted octanol–water partition coefficient (Wildman–Crippen LogP) is 1.65. The van der Waals surface area contributed by atoms with Crippen LogP contribution >= 0.6 is 0 Å². The van der Waals surface area contributed by atoms with Crippen molar-refractivity contribution >= 4 is 5.97 Å². The quantitative estimate of drug-likeness (QED) is 0.816. The molecule has 0 atom stereocenters. The van der Waals surface area contributed by atoms with Gasteiger partial charge in [0, 0.05) is 6.07 Å². The van der Waals surface area contributed by atoms with Gasteiger partial charge in [0.15, 0.2) is 0 Å². The lowest BCUT2D eigenvalue weighted by Gasteiger charge is -2.09. The number of halogens is 2. The molecule has 90 valence electrons. The molecule has 1 aromatic rings. The number of benzene rings is 1. The van der Waals surface area contributed by atoms with Gasteiger partial charge >= 0.3 is 12.6 Å². The van der Waals surface area contributed by atoms with Crippen LogP contribution in [0, 0.1) is 11.3 Å². The van der Waals surface area contributed by atoms with Crippen LogP contribution in [0.25, 0.3) is 0 Å². The Kier molecular flexibility index (Phi) is 3.82. The van der Waals surface area contributed by atoms with E-state index in [1.54, 1.807) is 6.07 Å². The van der Waals surface area contributed by atoms with Gasteiger partial charge in [-0.15, -0.1) is 0 Å². The minimum absolute atomic E-state index is 0.312. The fourth-order valence-corrected chi connectivity index (χ4v) is 1.18. The van der Waals surface area contributed by atoms with E-state index in [0.29, 0.717) is 0 Å². The molecule has 0 aromatic heterocycles. The molecule has 0 saturated carbocycles. The molecule has 0 aliphatic rings. The van der Waals surface area contributed by atoms with E-state index in [1.807, 2.05) is 0 Å². The van der Waals surface area contributed by atoms with Crippen LogP contribution in [0.5, 0.6) is 11.5 Å². The Morgan fingerprint density at radius 2 is 2.18 bits per heavy atom. The Morgan fingerprint density at radius 1 is 1.53 bits per heavy atom. The van der Waals surface area contributed by atoms with Crippen LogP contribution in [0.2, 0.25) is 0 Å². The smallest absolute Gasteiger partial charge is 0.387 e. The maximum absolute atomic E-state index is 11.9. The number of phenolic OH excluding ortho intramolecular Hbond substituents is 1. The maximum Gasteiger partial charge on any atom is 0.387 e. The van der Waals surface area contributed by atoms with Crippen molar-refractivity contribution < 1.29 is 28.2 Å². The fourth-order valence-electron chi connectivity index (χ4n) is 1.18. The molecule has 0 bridgehead atoms. The number of carbonyl (C=O) groups excluding carboxylic acids is 1. The number of methoxy groups -OCH3 is 1. The fraction of sp³-hybridized carbons (Fsp3) is 0.200. The number of nitrogens with zero attached hydrogens (tertiary/aromatic N) is 1. The summed E-state index contributed by atoms with van der Waals surface area (Å²) >= 11 is 0. The third kappa shape index (κ3) is 2.81. The van der Waals surface area contributed by atoms with Crippen molar-refractivity contribution in [2.45, 2.75) is 6.61 Å². The van der Waals surface area contributed by atoms with Crippen molar-refractivity contribution in [2.75, 3.05) is 7.11 Å². The molecule has 1 N–H and O–H groups in total. The van der Waals surface area contributed by atoms with Gasteiger partial charge in [-0.25, -0.2) is 4.79 Å². The van der Waals surface area contributed by atoms with E-state index in [1.165, 1.54) is 0 Å². The molecular weight excluding hydrogens is 236 g/mol. The van der Waals surface area contributed by atoms with Crippen LogP contribution in [0.4, 0.5) is 8.78 Å². The van der Waals surface area contributed by atoms with Crippen molar-refractivity contribution in [3.8, 4) is 17.6 Å². The van der Waals surface area contributed by atoms with Gasteiger partial charge in [-0.05, 0) is 6.07 Å². The third-order valence-electron chi connectivity index (χ3n) is 1.83. The lowest BCUT2D eigenvalue weighted by atomic mass is 10.1. The van der Waals surface area contributed by atoms with Gasteiger partial charge in [0.2, 0.25) is 0 Å². The molecular formula is C10H7F2NO4. The van der Waals surface area contributed by atoms with Gasteiger partial charge in [0.05, 0.1) is 12.7 Å². The molecule has 0 unspecified atom stereocenters. The topological polar surface area (TPSA) is 79.6 Å². The second-order valence-corrected chi connectivity index (χ2v) is 2.85. The zero-order valence-electron chi connectivity index (χ0n) is 8.61. The lowest BCUT2D eigenvalue weighted by molar-refractivity contribution is -0.0499. The molecule has 0 aliphatic heterocycles. The number of rotatable bonds is 3. The molecule has 1 aromatic carbocycles. The van der Waals surface area contributed by atoms with E-state index in [0.717, 1.165) is 19.2 Å². The van der Waals surface area contributed by atoms with Gasteiger partial charge in [0.1, 0.15) is 23.1 Å². The first kappa shape index (κ1) is 12.7. The van der Waals surface area contributed by atoms with Gasteiger partial charge in [-0.2, -0.15) is 14.0 Å². The minimum atomic E-state index is -3.09. The molecule has 0 saturated heterocycles.